The largest absolute Gasteiger partial charge is 0.418 e. The van der Waals surface area contributed by atoms with Gasteiger partial charge in [0, 0.05) is 11.1 Å². The molecule has 0 unspecified atom stereocenters. The topological polar surface area (TPSA) is 81.4 Å². The van der Waals surface area contributed by atoms with Crippen molar-refractivity contribution in [1.82, 2.24) is 9.78 Å². The second-order valence-electron chi connectivity index (χ2n) is 8.46. The van der Waals surface area contributed by atoms with Crippen molar-refractivity contribution in [3.63, 3.8) is 0 Å². The molecule has 0 radical (unpaired) electrons. The fourth-order valence-corrected chi connectivity index (χ4v) is 5.17. The highest BCUT2D eigenvalue weighted by Crippen LogP contribution is 2.40. The Balaban J connectivity index is 1.90. The van der Waals surface area contributed by atoms with E-state index in [4.69, 9.17) is 0 Å². The minimum Gasteiger partial charge on any atom is -0.231 e. The molecule has 0 fully saturated rings. The third-order valence-corrected chi connectivity index (χ3v) is 7.67. The van der Waals surface area contributed by atoms with Crippen molar-refractivity contribution in [2.24, 2.45) is 5.18 Å². The van der Waals surface area contributed by atoms with Gasteiger partial charge in [-0.25, -0.2) is 13.1 Å². The summed E-state index contributed by atoms with van der Waals surface area (Å²) < 4.78 is 66.4. The number of thiophene rings is 1. The summed E-state index contributed by atoms with van der Waals surface area (Å²) in [7, 11) is -3.41. The number of sulfone groups is 1. The Morgan fingerprint density at radius 1 is 0.943 bits per heavy atom. The molecule has 4 aromatic rings. The molecule has 0 bridgehead atoms. The summed E-state index contributed by atoms with van der Waals surface area (Å²) >= 11 is 1.27. The van der Waals surface area contributed by atoms with Crippen LogP contribution in [-0.4, -0.2) is 24.5 Å². The van der Waals surface area contributed by atoms with E-state index >= 15 is 0 Å². The van der Waals surface area contributed by atoms with Crippen LogP contribution in [0.3, 0.4) is 0 Å². The quantitative estimate of drug-likeness (QED) is 0.266. The normalized spacial score (nSPS) is 12.6. The van der Waals surface area contributed by atoms with E-state index in [1.807, 2.05) is 0 Å². The van der Waals surface area contributed by atoms with E-state index in [2.05, 4.69) is 10.3 Å². The molecule has 4 rings (SSSR count). The van der Waals surface area contributed by atoms with E-state index < -0.39 is 27.1 Å². The van der Waals surface area contributed by atoms with Crippen LogP contribution < -0.4 is 0 Å². The molecule has 2 aromatic carbocycles. The predicted molar refractivity (Wildman–Crippen MR) is 129 cm³/mol. The van der Waals surface area contributed by atoms with Gasteiger partial charge in [-0.2, -0.15) is 18.3 Å². The highest BCUT2D eigenvalue weighted by molar-refractivity contribution is 7.90. The van der Waals surface area contributed by atoms with E-state index in [0.717, 1.165) is 17.2 Å². The van der Waals surface area contributed by atoms with Crippen LogP contribution in [0.15, 0.2) is 76.8 Å². The van der Waals surface area contributed by atoms with Crippen molar-refractivity contribution in [3.8, 4) is 26.7 Å². The Morgan fingerprint density at radius 3 is 2.29 bits per heavy atom. The summed E-state index contributed by atoms with van der Waals surface area (Å²) in [5.74, 6) is 0. The number of para-hydroxylation sites is 1. The van der Waals surface area contributed by atoms with E-state index in [1.165, 1.54) is 54.1 Å². The van der Waals surface area contributed by atoms with Crippen molar-refractivity contribution in [2.45, 2.75) is 30.5 Å². The number of aromatic nitrogens is 2. The first-order chi connectivity index (χ1) is 16.3. The zero-order chi connectivity index (χ0) is 25.6. The molecule has 2 aromatic heterocycles. The highest BCUT2D eigenvalue weighted by atomic mass is 32.2. The van der Waals surface area contributed by atoms with Gasteiger partial charge in [-0.1, -0.05) is 29.4 Å². The zero-order valence-corrected chi connectivity index (χ0v) is 20.5. The van der Waals surface area contributed by atoms with Crippen molar-refractivity contribution in [2.75, 3.05) is 6.26 Å². The van der Waals surface area contributed by atoms with E-state index in [1.54, 1.807) is 36.4 Å². The number of halogens is 3. The molecule has 0 spiro atoms. The molecule has 35 heavy (non-hydrogen) atoms. The Hall–Kier alpha value is -3.31. The fourth-order valence-electron chi connectivity index (χ4n) is 3.49. The van der Waals surface area contributed by atoms with Gasteiger partial charge in [0.2, 0.25) is 0 Å². The number of benzene rings is 2. The first-order valence-electron chi connectivity index (χ1n) is 10.3. The summed E-state index contributed by atoms with van der Waals surface area (Å²) in [6.45, 7) is 3.06. The highest BCUT2D eigenvalue weighted by Gasteiger charge is 2.35. The number of nitroso groups, excluding NO2 is 1. The molecule has 0 saturated carbocycles. The van der Waals surface area contributed by atoms with Crippen LogP contribution in [-0.2, 0) is 21.6 Å². The lowest BCUT2D eigenvalue weighted by Crippen LogP contribution is -2.15. The Labute approximate surface area is 203 Å². The smallest absolute Gasteiger partial charge is 0.231 e. The van der Waals surface area contributed by atoms with Crippen molar-refractivity contribution in [1.29, 1.82) is 0 Å². The molecule has 2 heterocycles. The molecular weight excluding hydrogens is 499 g/mol. The van der Waals surface area contributed by atoms with Crippen molar-refractivity contribution >= 4 is 21.2 Å². The van der Waals surface area contributed by atoms with Crippen LogP contribution in [0.2, 0.25) is 0 Å². The number of nitrogens with zero attached hydrogens (tertiary/aromatic N) is 3. The second-order valence-corrected chi connectivity index (χ2v) is 11.6. The molecule has 0 amide bonds. The molecule has 0 N–H and O–H groups in total. The molecule has 0 aliphatic rings. The monoisotopic (exact) mass is 519 g/mol. The maximum Gasteiger partial charge on any atom is 0.418 e. The molecule has 0 aliphatic heterocycles. The SMILES string of the molecule is CC(C)(N=O)c1cc(-c2ccc(-c3cccc(S(C)(=O)=O)c3)s2)n(-c2ccccc2C(F)(F)F)n1. The number of alkyl halides is 3. The van der Waals surface area contributed by atoms with Crippen molar-refractivity contribution < 1.29 is 21.6 Å². The van der Waals surface area contributed by atoms with Gasteiger partial charge in [0.25, 0.3) is 0 Å². The van der Waals surface area contributed by atoms with Gasteiger partial charge in [0.1, 0.15) is 5.54 Å². The summed E-state index contributed by atoms with van der Waals surface area (Å²) in [6, 6.07) is 16.5. The Morgan fingerprint density at radius 2 is 1.63 bits per heavy atom. The molecule has 6 nitrogen and oxygen atoms in total. The van der Waals surface area contributed by atoms with Gasteiger partial charge < -0.3 is 0 Å². The van der Waals surface area contributed by atoms with Gasteiger partial charge in [0.15, 0.2) is 9.84 Å². The second kappa shape index (κ2) is 8.72. The van der Waals surface area contributed by atoms with Crippen LogP contribution in [0.5, 0.6) is 0 Å². The van der Waals surface area contributed by atoms with Crippen LogP contribution in [0, 0.1) is 4.91 Å². The lowest BCUT2D eigenvalue weighted by molar-refractivity contribution is -0.137. The predicted octanol–water partition coefficient (Wildman–Crippen LogP) is 6.69. The summed E-state index contributed by atoms with van der Waals surface area (Å²) in [5, 5.41) is 7.44. The first kappa shape index (κ1) is 24.8. The molecule has 0 aliphatic carbocycles. The van der Waals surface area contributed by atoms with Crippen LogP contribution >= 0.6 is 11.3 Å². The maximum absolute atomic E-state index is 13.8. The average Bonchev–Trinajstić information content (AvgIpc) is 3.46. The summed E-state index contributed by atoms with van der Waals surface area (Å²) in [5.41, 5.74) is -1.10. The van der Waals surface area contributed by atoms with Crippen LogP contribution in [0.1, 0.15) is 25.1 Å². The van der Waals surface area contributed by atoms with Gasteiger partial charge in [-0.05, 0) is 61.9 Å². The van der Waals surface area contributed by atoms with Crippen LogP contribution in [0.4, 0.5) is 13.2 Å². The summed E-state index contributed by atoms with van der Waals surface area (Å²) in [6.07, 6.45) is -3.50. The zero-order valence-electron chi connectivity index (χ0n) is 18.9. The third kappa shape index (κ3) is 4.92. The number of hydrogen-bond donors (Lipinski definition) is 0. The number of rotatable bonds is 6. The average molecular weight is 520 g/mol. The van der Waals surface area contributed by atoms with Gasteiger partial charge in [0.05, 0.1) is 32.4 Å². The lowest BCUT2D eigenvalue weighted by atomic mass is 10.0. The Kier molecular flexibility index (Phi) is 6.18. The van der Waals surface area contributed by atoms with Gasteiger partial charge in [-0.15, -0.1) is 16.2 Å². The Bertz CT molecular complexity index is 1520. The first-order valence-corrected chi connectivity index (χ1v) is 13.0. The lowest BCUT2D eigenvalue weighted by Gasteiger charge is -2.15. The number of hydrogen-bond acceptors (Lipinski definition) is 6. The molecule has 11 heteroatoms. The minimum atomic E-state index is -4.62. The van der Waals surface area contributed by atoms with Gasteiger partial charge in [-0.3, -0.25) is 0 Å². The van der Waals surface area contributed by atoms with E-state index in [9.17, 15) is 26.5 Å². The summed E-state index contributed by atoms with van der Waals surface area (Å²) in [4.78, 5) is 12.9. The van der Waals surface area contributed by atoms with E-state index in [0.29, 0.717) is 16.1 Å². The van der Waals surface area contributed by atoms with Crippen LogP contribution in [0.25, 0.3) is 26.7 Å². The molecule has 0 saturated heterocycles. The third-order valence-electron chi connectivity index (χ3n) is 5.41. The fraction of sp³-hybridized carbons (Fsp3) is 0.208. The molecular formula is C24H20F3N3O3S2. The van der Waals surface area contributed by atoms with Crippen molar-refractivity contribution in [3.05, 3.63) is 82.9 Å². The maximum atomic E-state index is 13.8. The molecule has 0 atom stereocenters. The van der Waals surface area contributed by atoms with Gasteiger partial charge >= 0.3 is 6.18 Å². The van der Waals surface area contributed by atoms with E-state index in [-0.39, 0.29) is 16.3 Å². The minimum absolute atomic E-state index is 0.162. The molecule has 182 valence electrons. The standard InChI is InChI=1S/C24H20F3N3O3S2/c1-23(2,29-31)22-14-19(30(28-22)18-10-5-4-9-17(18)24(25,26)27)21-12-11-20(34-21)15-7-6-8-16(13-15)35(3,32)33/h4-14H,1-3H3.